The molecular weight excluding hydrogens is 472 g/mol. The lowest BCUT2D eigenvalue weighted by Crippen LogP contribution is -2.50. The van der Waals surface area contributed by atoms with Gasteiger partial charge >= 0.3 is 12.1 Å². The summed E-state index contributed by atoms with van der Waals surface area (Å²) in [6.45, 7) is 14.2. The molecule has 37 heavy (non-hydrogen) atoms. The van der Waals surface area contributed by atoms with Crippen LogP contribution in [0.5, 0.6) is 0 Å². The van der Waals surface area contributed by atoms with Gasteiger partial charge < -0.3 is 28.4 Å². The molecule has 0 unspecified atom stereocenters. The van der Waals surface area contributed by atoms with Crippen molar-refractivity contribution < 1.29 is 28.5 Å². The van der Waals surface area contributed by atoms with E-state index in [2.05, 4.69) is 6.58 Å². The summed E-state index contributed by atoms with van der Waals surface area (Å²) in [5.41, 5.74) is 1.39. The van der Waals surface area contributed by atoms with Crippen LogP contribution in [0.15, 0.2) is 43.1 Å². The average Bonchev–Trinajstić information content (AvgIpc) is 3.16. The molecule has 0 fully saturated rings. The lowest BCUT2D eigenvalue weighted by atomic mass is 9.80. The van der Waals surface area contributed by atoms with E-state index < -0.39 is 35.9 Å². The fraction of sp³-hybridized carbons (Fsp3) is 0.586. The number of fused-ring (bicyclic) bond motifs is 1. The van der Waals surface area contributed by atoms with Crippen LogP contribution in [0.1, 0.15) is 46.6 Å². The van der Waals surface area contributed by atoms with E-state index in [4.69, 9.17) is 18.9 Å². The summed E-state index contributed by atoms with van der Waals surface area (Å²) < 4.78 is 24.6. The van der Waals surface area contributed by atoms with E-state index in [1.807, 2.05) is 76.7 Å². The number of amides is 1. The number of carbonyl (C=O) groups is 2. The van der Waals surface area contributed by atoms with Crippen molar-refractivity contribution in [2.75, 3.05) is 27.4 Å². The van der Waals surface area contributed by atoms with Crippen LogP contribution in [0.25, 0.3) is 10.9 Å². The third-order valence-corrected chi connectivity index (χ3v) is 6.41. The average molecular weight is 517 g/mol. The number of carbonyl (C=O) groups excluding carboxylic acids is 2. The molecule has 2 aromatic rings. The minimum atomic E-state index is -0.734. The van der Waals surface area contributed by atoms with Crippen molar-refractivity contribution in [1.29, 1.82) is 0 Å². The van der Waals surface area contributed by atoms with Gasteiger partial charge in [-0.25, -0.2) is 4.79 Å². The molecule has 8 heteroatoms. The van der Waals surface area contributed by atoms with Gasteiger partial charge in [-0.15, -0.1) is 6.58 Å². The van der Waals surface area contributed by atoms with Crippen LogP contribution in [0.2, 0.25) is 0 Å². The van der Waals surface area contributed by atoms with E-state index in [1.165, 1.54) is 12.0 Å². The van der Waals surface area contributed by atoms with Gasteiger partial charge in [-0.1, -0.05) is 24.3 Å². The molecule has 1 aromatic carbocycles. The molecule has 0 spiro atoms. The van der Waals surface area contributed by atoms with Gasteiger partial charge in [0, 0.05) is 50.8 Å². The number of allylic oxidation sites excluding steroid dienone is 1. The fourth-order valence-corrected chi connectivity index (χ4v) is 4.71. The molecule has 206 valence electrons. The molecule has 1 amide bonds. The van der Waals surface area contributed by atoms with Gasteiger partial charge in [-0.05, 0) is 58.6 Å². The van der Waals surface area contributed by atoms with Crippen molar-refractivity contribution in [2.24, 2.45) is 18.9 Å². The standard InChI is InChI=1S/C29H44N2O6/c1-10-20(18-25(35-11-2)36-12-3)26(27(32)34-9)24(31(8)28(33)37-29(4,5)6)17-21-19-30(7)23-16-14-13-15-22(21)23/h10,13-16,19-20,24-26H,1,11-12,17-18H2,2-9H3/t20-,24+,26-/m1/s1. The first-order valence-corrected chi connectivity index (χ1v) is 12.9. The molecule has 0 aliphatic carbocycles. The monoisotopic (exact) mass is 516 g/mol. The largest absolute Gasteiger partial charge is 0.469 e. The molecule has 3 atom stereocenters. The predicted molar refractivity (Wildman–Crippen MR) is 145 cm³/mol. The number of aromatic nitrogens is 1. The highest BCUT2D eigenvalue weighted by atomic mass is 16.7. The summed E-state index contributed by atoms with van der Waals surface area (Å²) in [4.78, 5) is 28.2. The normalized spacial score (nSPS) is 14.3. The minimum absolute atomic E-state index is 0.388. The third-order valence-electron chi connectivity index (χ3n) is 6.41. The van der Waals surface area contributed by atoms with Crippen molar-refractivity contribution in [2.45, 2.75) is 65.4 Å². The number of esters is 1. The summed E-state index contributed by atoms with van der Waals surface area (Å²) in [5.74, 6) is -1.56. The van der Waals surface area contributed by atoms with Crippen LogP contribution < -0.4 is 0 Å². The quantitative estimate of drug-likeness (QED) is 0.203. The maximum absolute atomic E-state index is 13.4. The van der Waals surface area contributed by atoms with Crippen molar-refractivity contribution in [3.63, 3.8) is 0 Å². The fourth-order valence-electron chi connectivity index (χ4n) is 4.71. The predicted octanol–water partition coefficient (Wildman–Crippen LogP) is 5.34. The lowest BCUT2D eigenvalue weighted by molar-refractivity contribution is -0.158. The highest BCUT2D eigenvalue weighted by Crippen LogP contribution is 2.32. The molecular formula is C29H44N2O6. The molecule has 0 aliphatic rings. The Kier molecular flexibility index (Phi) is 11.2. The molecule has 8 nitrogen and oxygen atoms in total. The summed E-state index contributed by atoms with van der Waals surface area (Å²) in [6, 6.07) is 7.48. The van der Waals surface area contributed by atoms with Crippen molar-refractivity contribution in [3.8, 4) is 0 Å². The van der Waals surface area contributed by atoms with Gasteiger partial charge in [0.15, 0.2) is 6.29 Å². The number of rotatable bonds is 13. The Morgan fingerprint density at radius 1 is 1.14 bits per heavy atom. The Morgan fingerprint density at radius 3 is 2.30 bits per heavy atom. The van der Waals surface area contributed by atoms with Gasteiger partial charge in [0.2, 0.25) is 0 Å². The zero-order chi connectivity index (χ0) is 27.8. The number of nitrogens with zero attached hydrogens (tertiary/aromatic N) is 2. The Morgan fingerprint density at radius 2 is 1.76 bits per heavy atom. The van der Waals surface area contributed by atoms with Crippen LogP contribution in [0.4, 0.5) is 4.79 Å². The third kappa shape index (κ3) is 8.07. The molecule has 0 bridgehead atoms. The second-order valence-electron chi connectivity index (χ2n) is 10.2. The van der Waals surface area contributed by atoms with Crippen molar-refractivity contribution >= 4 is 23.0 Å². The van der Waals surface area contributed by atoms with E-state index in [0.717, 1.165) is 16.5 Å². The summed E-state index contributed by atoms with van der Waals surface area (Å²) in [5, 5.41) is 1.06. The van der Waals surface area contributed by atoms with Gasteiger partial charge in [-0.3, -0.25) is 4.79 Å². The molecule has 0 N–H and O–H groups in total. The molecule has 0 radical (unpaired) electrons. The maximum atomic E-state index is 13.4. The molecule has 2 rings (SSSR count). The first-order chi connectivity index (χ1) is 17.5. The smallest absolute Gasteiger partial charge is 0.410 e. The number of likely N-dealkylation sites (N-methyl/N-ethyl adjacent to an activating group) is 1. The molecule has 0 saturated heterocycles. The maximum Gasteiger partial charge on any atom is 0.410 e. The first-order valence-electron chi connectivity index (χ1n) is 12.9. The van der Waals surface area contributed by atoms with Crippen LogP contribution in [-0.2, 0) is 37.2 Å². The molecule has 1 aromatic heterocycles. The van der Waals surface area contributed by atoms with Gasteiger partial charge in [0.05, 0.1) is 19.1 Å². The Hall–Kier alpha value is -2.84. The van der Waals surface area contributed by atoms with E-state index in [0.29, 0.717) is 26.1 Å². The minimum Gasteiger partial charge on any atom is -0.469 e. The van der Waals surface area contributed by atoms with E-state index in [-0.39, 0.29) is 5.92 Å². The van der Waals surface area contributed by atoms with E-state index >= 15 is 0 Å². The van der Waals surface area contributed by atoms with Crippen LogP contribution in [-0.4, -0.2) is 66.8 Å². The molecule has 0 saturated carbocycles. The Bertz CT molecular complexity index is 1030. The van der Waals surface area contributed by atoms with E-state index in [1.54, 1.807) is 13.1 Å². The molecule has 0 aliphatic heterocycles. The van der Waals surface area contributed by atoms with Gasteiger partial charge in [0.1, 0.15) is 5.60 Å². The van der Waals surface area contributed by atoms with E-state index in [9.17, 15) is 9.59 Å². The second kappa shape index (κ2) is 13.6. The van der Waals surface area contributed by atoms with Crippen LogP contribution in [0.3, 0.4) is 0 Å². The summed E-state index contributed by atoms with van der Waals surface area (Å²) in [6.07, 6.45) is 3.54. The van der Waals surface area contributed by atoms with Crippen LogP contribution in [0, 0.1) is 11.8 Å². The lowest BCUT2D eigenvalue weighted by Gasteiger charge is -2.38. The van der Waals surface area contributed by atoms with Gasteiger partial charge in [0.25, 0.3) is 0 Å². The SMILES string of the molecule is C=C[C@H](CC(OCC)OCC)[C@@H](C(=O)OC)[C@H](Cc1cn(C)c2ccccc12)N(C)C(=O)OC(C)(C)C. The zero-order valence-electron chi connectivity index (χ0n) is 23.7. The number of para-hydroxylation sites is 1. The van der Waals surface area contributed by atoms with Crippen molar-refractivity contribution in [1.82, 2.24) is 9.47 Å². The highest BCUT2D eigenvalue weighted by Gasteiger charge is 2.41. The Labute approximate surface area is 221 Å². The number of ether oxygens (including phenoxy) is 4. The number of benzene rings is 1. The Balaban J connectivity index is 2.58. The number of hydrogen-bond acceptors (Lipinski definition) is 6. The second-order valence-corrected chi connectivity index (χ2v) is 10.2. The van der Waals surface area contributed by atoms with Crippen LogP contribution >= 0.6 is 0 Å². The molecule has 1 heterocycles. The topological polar surface area (TPSA) is 79.2 Å². The van der Waals surface area contributed by atoms with Gasteiger partial charge in [-0.2, -0.15) is 0 Å². The zero-order valence-corrected chi connectivity index (χ0v) is 23.7. The summed E-state index contributed by atoms with van der Waals surface area (Å²) >= 11 is 0. The number of aryl methyl sites for hydroxylation is 1. The first kappa shape index (κ1) is 30.4. The summed E-state index contributed by atoms with van der Waals surface area (Å²) in [7, 11) is 5.01. The number of hydrogen-bond donors (Lipinski definition) is 0. The van der Waals surface area contributed by atoms with Crippen molar-refractivity contribution in [3.05, 3.63) is 48.7 Å². The number of methoxy groups -OCH3 is 1. The highest BCUT2D eigenvalue weighted by molar-refractivity contribution is 5.84.